The van der Waals surface area contributed by atoms with Gasteiger partial charge in [0.2, 0.25) is 5.70 Å². The molecule has 1 aliphatic carbocycles. The molecule has 0 spiro atoms. The molecule has 0 aromatic heterocycles. The van der Waals surface area contributed by atoms with Gasteiger partial charge in [-0.2, -0.15) is 10.8 Å². The second-order valence-electron chi connectivity index (χ2n) is 7.12. The molecule has 0 radical (unpaired) electrons. The summed E-state index contributed by atoms with van der Waals surface area (Å²) >= 11 is 0. The number of nitrogens with two attached hydrogens (primary N) is 1. The third-order valence-electron chi connectivity index (χ3n) is 5.02. The zero-order valence-corrected chi connectivity index (χ0v) is 16.5. The third kappa shape index (κ3) is 3.53. The van der Waals surface area contributed by atoms with Gasteiger partial charge in [0.25, 0.3) is 5.84 Å². The van der Waals surface area contributed by atoms with Crippen LogP contribution in [-0.2, 0) is 0 Å². The smallest absolute Gasteiger partial charge is 0.457 e. The second kappa shape index (κ2) is 7.33. The van der Waals surface area contributed by atoms with Crippen molar-refractivity contribution in [2.24, 2.45) is 15.8 Å². The van der Waals surface area contributed by atoms with Crippen molar-refractivity contribution in [1.82, 2.24) is 0 Å². The second-order valence-corrected chi connectivity index (χ2v) is 7.12. The normalized spacial score (nSPS) is 21.1. The summed E-state index contributed by atoms with van der Waals surface area (Å²) in [5, 5.41) is 0. The maximum absolute atomic E-state index is 13.3. The fraction of sp³-hybridized carbons (Fsp3) is 0.0435. The van der Waals surface area contributed by atoms with Crippen LogP contribution in [0.15, 0.2) is 106 Å². The maximum Gasteiger partial charge on any atom is 0.573 e. The molecule has 0 fully saturated rings. The lowest BCUT2D eigenvalue weighted by molar-refractivity contribution is -0.750. The summed E-state index contributed by atoms with van der Waals surface area (Å²) in [6.45, 7) is 0. The molecule has 3 aliphatic rings. The van der Waals surface area contributed by atoms with Crippen molar-refractivity contribution >= 4 is 12.1 Å². The summed E-state index contributed by atoms with van der Waals surface area (Å²) in [6.07, 6.45) is 5.18. The number of benzene rings is 2. The number of rotatable bonds is 5. The molecular formula is C23H16F3N4O2+. The first-order chi connectivity index (χ1) is 15.3. The highest BCUT2D eigenvalue weighted by atomic mass is 19.4. The van der Waals surface area contributed by atoms with Gasteiger partial charge in [0.05, 0.1) is 12.4 Å². The number of aliphatic imine (C=N–C) groups is 2. The average Bonchev–Trinajstić information content (AvgIpc) is 2.99. The van der Waals surface area contributed by atoms with Crippen molar-refractivity contribution in [3.63, 3.8) is 0 Å². The standard InChI is InChI=1S/C23H16F3N4O2/c24-23(25,26)32-20-13-17(31-16-7-2-1-3-8-16)9-10-18(20)22-29-21(15-5-4-6-15)19-14-28-11-12-30(19,22)27/h1-14H,27H2/q+1. The number of para-hydroxylation sites is 1. The Balaban J connectivity index is 1.59. The Kier molecular flexibility index (Phi) is 4.58. The van der Waals surface area contributed by atoms with Crippen LogP contribution < -0.4 is 15.3 Å². The molecule has 2 aromatic rings. The van der Waals surface area contributed by atoms with Crippen molar-refractivity contribution in [2.45, 2.75) is 6.36 Å². The van der Waals surface area contributed by atoms with Gasteiger partial charge in [-0.05, 0) is 24.3 Å². The number of hydrogen-bond acceptors (Lipinski definition) is 5. The molecule has 0 saturated heterocycles. The van der Waals surface area contributed by atoms with Gasteiger partial charge in [-0.3, -0.25) is 4.99 Å². The highest BCUT2D eigenvalue weighted by molar-refractivity contribution is 6.03. The van der Waals surface area contributed by atoms with Crippen LogP contribution in [0.25, 0.3) is 0 Å². The number of quaternary nitrogens is 1. The number of halogens is 3. The minimum atomic E-state index is -4.92. The Bertz CT molecular complexity index is 1270. The Morgan fingerprint density at radius 2 is 1.78 bits per heavy atom. The van der Waals surface area contributed by atoms with E-state index in [0.717, 1.165) is 5.57 Å². The van der Waals surface area contributed by atoms with Gasteiger partial charge in [0.15, 0.2) is 0 Å². The average molecular weight is 437 g/mol. The topological polar surface area (TPSA) is 69.2 Å². The molecule has 160 valence electrons. The summed E-state index contributed by atoms with van der Waals surface area (Å²) in [5.74, 6) is 6.95. The first-order valence-electron chi connectivity index (χ1n) is 9.58. The number of alkyl halides is 3. The van der Waals surface area contributed by atoms with Crippen LogP contribution in [0.3, 0.4) is 0 Å². The van der Waals surface area contributed by atoms with Gasteiger partial charge in [0, 0.05) is 11.6 Å². The monoisotopic (exact) mass is 437 g/mol. The quantitative estimate of drug-likeness (QED) is 0.523. The van der Waals surface area contributed by atoms with E-state index in [4.69, 9.17) is 10.6 Å². The number of hydrogen-bond donors (Lipinski definition) is 1. The molecular weight excluding hydrogens is 421 g/mol. The van der Waals surface area contributed by atoms with Gasteiger partial charge in [-0.25, -0.2) is 0 Å². The molecule has 2 aliphatic heterocycles. The van der Waals surface area contributed by atoms with Crippen LogP contribution in [0.2, 0.25) is 0 Å². The zero-order valence-electron chi connectivity index (χ0n) is 16.5. The highest BCUT2D eigenvalue weighted by Gasteiger charge is 2.46. The van der Waals surface area contributed by atoms with Crippen molar-refractivity contribution in [2.75, 3.05) is 0 Å². The molecule has 0 saturated carbocycles. The number of ether oxygens (including phenoxy) is 2. The summed E-state index contributed by atoms with van der Waals surface area (Å²) in [6, 6.07) is 12.9. The molecule has 2 N–H and O–H groups in total. The van der Waals surface area contributed by atoms with Crippen molar-refractivity contribution in [1.29, 1.82) is 0 Å². The van der Waals surface area contributed by atoms with Crippen LogP contribution in [0.1, 0.15) is 5.56 Å². The van der Waals surface area contributed by atoms with Crippen LogP contribution >= 0.6 is 0 Å². The van der Waals surface area contributed by atoms with E-state index in [9.17, 15) is 13.2 Å². The number of nitrogens with zero attached hydrogens (tertiary/aromatic N) is 3. The fourth-order valence-electron chi connectivity index (χ4n) is 3.51. The van der Waals surface area contributed by atoms with Crippen LogP contribution in [0, 0.1) is 0 Å². The summed E-state index contributed by atoms with van der Waals surface area (Å²) in [7, 11) is 0. The number of allylic oxidation sites excluding steroid dienone is 4. The Labute approximate surface area is 181 Å². The minimum Gasteiger partial charge on any atom is -0.457 e. The first kappa shape index (κ1) is 20.0. The van der Waals surface area contributed by atoms with Gasteiger partial charge < -0.3 is 9.47 Å². The lowest BCUT2D eigenvalue weighted by atomic mass is 10.0. The van der Waals surface area contributed by atoms with E-state index < -0.39 is 16.7 Å². The number of amidine groups is 1. The van der Waals surface area contributed by atoms with Crippen LogP contribution in [-0.4, -0.2) is 23.0 Å². The third-order valence-corrected chi connectivity index (χ3v) is 5.02. The predicted molar refractivity (Wildman–Crippen MR) is 113 cm³/mol. The predicted octanol–water partition coefficient (Wildman–Crippen LogP) is 5.09. The maximum atomic E-state index is 13.3. The lowest BCUT2D eigenvalue weighted by Gasteiger charge is -2.27. The van der Waals surface area contributed by atoms with E-state index in [-0.39, 0.29) is 17.1 Å². The fourth-order valence-corrected chi connectivity index (χ4v) is 3.51. The van der Waals surface area contributed by atoms with Crippen molar-refractivity contribution in [3.05, 3.63) is 102 Å². The first-order valence-corrected chi connectivity index (χ1v) is 9.58. The van der Waals surface area contributed by atoms with E-state index in [0.29, 0.717) is 17.1 Å². The molecule has 1 atom stereocenters. The molecule has 1 unspecified atom stereocenters. The van der Waals surface area contributed by atoms with E-state index in [1.165, 1.54) is 18.3 Å². The molecule has 6 nitrogen and oxygen atoms in total. The van der Waals surface area contributed by atoms with E-state index in [1.54, 1.807) is 48.8 Å². The van der Waals surface area contributed by atoms with E-state index >= 15 is 0 Å². The summed E-state index contributed by atoms with van der Waals surface area (Å²) in [5.41, 5.74) is 1.98. The molecule has 2 heterocycles. The largest absolute Gasteiger partial charge is 0.573 e. The van der Waals surface area contributed by atoms with Crippen LogP contribution in [0.4, 0.5) is 13.2 Å². The Morgan fingerprint density at radius 3 is 2.47 bits per heavy atom. The Morgan fingerprint density at radius 1 is 1.00 bits per heavy atom. The SMILES string of the molecule is N[N+]12C=CN=CC1=C(C1=CC=C1)N=C2c1ccc(Oc2ccccc2)cc1OC(F)(F)F. The van der Waals surface area contributed by atoms with Gasteiger partial charge >= 0.3 is 6.36 Å². The lowest BCUT2D eigenvalue weighted by Crippen LogP contribution is -2.53. The van der Waals surface area contributed by atoms with Crippen molar-refractivity contribution in [3.8, 4) is 17.2 Å². The minimum absolute atomic E-state index is 0.0848. The number of fused-ring (bicyclic) bond motifs is 1. The van der Waals surface area contributed by atoms with Gasteiger partial charge in [0.1, 0.15) is 34.7 Å². The molecule has 0 amide bonds. The molecule has 5 rings (SSSR count). The van der Waals surface area contributed by atoms with Crippen LogP contribution in [0.5, 0.6) is 17.2 Å². The highest BCUT2D eigenvalue weighted by Crippen LogP contribution is 2.40. The zero-order chi connectivity index (χ0) is 22.3. The van der Waals surface area contributed by atoms with E-state index in [2.05, 4.69) is 14.7 Å². The van der Waals surface area contributed by atoms with E-state index in [1.807, 2.05) is 18.2 Å². The summed E-state index contributed by atoms with van der Waals surface area (Å²) in [4.78, 5) is 8.71. The molecule has 0 bridgehead atoms. The van der Waals surface area contributed by atoms with Crippen molar-refractivity contribution < 1.29 is 27.2 Å². The van der Waals surface area contributed by atoms with Gasteiger partial charge in [-0.15, -0.1) is 17.8 Å². The Hall–Kier alpha value is -3.95. The molecule has 9 heteroatoms. The molecule has 32 heavy (non-hydrogen) atoms. The summed E-state index contributed by atoms with van der Waals surface area (Å²) < 4.78 is 49.4. The van der Waals surface area contributed by atoms with Gasteiger partial charge in [-0.1, -0.05) is 36.4 Å². The molecule has 2 aromatic carbocycles.